The minimum absolute atomic E-state index is 0.00649. The smallest absolute Gasteiger partial charge is 0.311 e. The number of amides is 1. The molecule has 8 nitrogen and oxygen atoms in total. The molecule has 0 aliphatic heterocycles. The Morgan fingerprint density at radius 3 is 2.85 bits per heavy atom. The zero-order valence-corrected chi connectivity index (χ0v) is 10.8. The average molecular weight is 275 g/mol. The van der Waals surface area contributed by atoms with Crippen molar-refractivity contribution in [1.82, 2.24) is 24.9 Å². The van der Waals surface area contributed by atoms with E-state index in [0.29, 0.717) is 18.6 Å². The molecule has 0 radical (unpaired) electrons. The molecule has 2 aromatic heterocycles. The first-order valence-electron chi connectivity index (χ1n) is 6.22. The minimum atomic E-state index is -0.877. The summed E-state index contributed by atoms with van der Waals surface area (Å²) < 4.78 is 1.47. The van der Waals surface area contributed by atoms with E-state index in [-0.39, 0.29) is 12.4 Å². The standard InChI is InChI=1S/C12H13N5O3/c1-7-2-5-13-11-15-8(16-17(7)11)9(18)14-6-12(3-4-12)10(19)20/h2,5H,3-4,6H2,1H3,(H,14,18)(H,19,20). The predicted molar refractivity (Wildman–Crippen MR) is 67.2 cm³/mol. The van der Waals surface area contributed by atoms with Gasteiger partial charge in [0.25, 0.3) is 11.7 Å². The lowest BCUT2D eigenvalue weighted by Crippen LogP contribution is -2.34. The van der Waals surface area contributed by atoms with Gasteiger partial charge in [0.1, 0.15) is 0 Å². The summed E-state index contributed by atoms with van der Waals surface area (Å²) in [6.45, 7) is 1.93. The Labute approximate surface area is 113 Å². The number of carboxylic acid groups (broad SMARTS) is 1. The minimum Gasteiger partial charge on any atom is -0.481 e. The number of aryl methyl sites for hydroxylation is 1. The molecule has 0 bridgehead atoms. The lowest BCUT2D eigenvalue weighted by molar-refractivity contribution is -0.143. The van der Waals surface area contributed by atoms with Crippen LogP contribution < -0.4 is 5.32 Å². The summed E-state index contributed by atoms with van der Waals surface area (Å²) in [6.07, 6.45) is 2.76. The number of aliphatic carboxylic acids is 1. The van der Waals surface area contributed by atoms with Crippen LogP contribution in [0.25, 0.3) is 5.78 Å². The number of fused-ring (bicyclic) bond motifs is 1. The predicted octanol–water partition coefficient (Wildman–Crippen LogP) is 0.0273. The van der Waals surface area contributed by atoms with Crippen LogP contribution in [-0.2, 0) is 4.79 Å². The molecule has 2 heterocycles. The summed E-state index contributed by atoms with van der Waals surface area (Å²) in [5, 5.41) is 15.7. The maximum Gasteiger partial charge on any atom is 0.311 e. The van der Waals surface area contributed by atoms with Crippen molar-refractivity contribution in [3.8, 4) is 0 Å². The number of aromatic nitrogens is 4. The Morgan fingerprint density at radius 2 is 2.25 bits per heavy atom. The van der Waals surface area contributed by atoms with Crippen molar-refractivity contribution in [2.75, 3.05) is 6.54 Å². The molecule has 104 valence electrons. The third kappa shape index (κ3) is 1.98. The highest BCUT2D eigenvalue weighted by molar-refractivity contribution is 5.91. The molecule has 1 aliphatic rings. The van der Waals surface area contributed by atoms with E-state index in [0.717, 1.165) is 5.69 Å². The average Bonchev–Trinajstić information content (AvgIpc) is 3.08. The molecule has 8 heteroatoms. The summed E-state index contributed by atoms with van der Waals surface area (Å²) in [5.41, 5.74) is 0.00828. The van der Waals surface area contributed by atoms with E-state index in [4.69, 9.17) is 5.11 Å². The van der Waals surface area contributed by atoms with E-state index in [9.17, 15) is 9.59 Å². The van der Waals surface area contributed by atoms with Gasteiger partial charge in [-0.2, -0.15) is 4.98 Å². The lowest BCUT2D eigenvalue weighted by atomic mass is 10.1. The van der Waals surface area contributed by atoms with Crippen molar-refractivity contribution in [3.63, 3.8) is 0 Å². The molecule has 0 atom stereocenters. The van der Waals surface area contributed by atoms with Gasteiger partial charge in [0, 0.05) is 18.4 Å². The van der Waals surface area contributed by atoms with E-state index in [1.165, 1.54) is 4.52 Å². The van der Waals surface area contributed by atoms with Crippen LogP contribution in [0.1, 0.15) is 29.2 Å². The summed E-state index contributed by atoms with van der Waals surface area (Å²) in [6, 6.07) is 1.76. The number of hydrogen-bond acceptors (Lipinski definition) is 5. The van der Waals surface area contributed by atoms with Crippen molar-refractivity contribution < 1.29 is 14.7 Å². The molecular formula is C12H13N5O3. The van der Waals surface area contributed by atoms with E-state index in [1.54, 1.807) is 12.3 Å². The first-order valence-corrected chi connectivity index (χ1v) is 6.22. The van der Waals surface area contributed by atoms with Gasteiger partial charge in [-0.1, -0.05) is 0 Å². The van der Waals surface area contributed by atoms with Gasteiger partial charge in [0.2, 0.25) is 5.82 Å². The Bertz CT molecular complexity index is 704. The molecule has 2 N–H and O–H groups in total. The van der Waals surface area contributed by atoms with Crippen LogP contribution in [0.2, 0.25) is 0 Å². The molecule has 20 heavy (non-hydrogen) atoms. The van der Waals surface area contributed by atoms with Gasteiger partial charge < -0.3 is 10.4 Å². The van der Waals surface area contributed by atoms with E-state index >= 15 is 0 Å². The molecule has 1 saturated carbocycles. The van der Waals surface area contributed by atoms with Crippen LogP contribution in [0, 0.1) is 12.3 Å². The number of carbonyl (C=O) groups is 2. The third-order valence-electron chi connectivity index (χ3n) is 3.53. The zero-order valence-electron chi connectivity index (χ0n) is 10.8. The van der Waals surface area contributed by atoms with Crippen LogP contribution in [0.4, 0.5) is 0 Å². The highest BCUT2D eigenvalue weighted by atomic mass is 16.4. The first-order chi connectivity index (χ1) is 9.52. The van der Waals surface area contributed by atoms with Gasteiger partial charge in [-0.3, -0.25) is 9.59 Å². The number of nitrogens with one attached hydrogen (secondary N) is 1. The fourth-order valence-electron chi connectivity index (χ4n) is 1.95. The molecule has 3 rings (SSSR count). The molecule has 0 saturated heterocycles. The second-order valence-corrected chi connectivity index (χ2v) is 5.00. The van der Waals surface area contributed by atoms with Crippen molar-refractivity contribution in [2.45, 2.75) is 19.8 Å². The maximum atomic E-state index is 12.0. The Morgan fingerprint density at radius 1 is 1.50 bits per heavy atom. The van der Waals surface area contributed by atoms with Crippen molar-refractivity contribution in [2.24, 2.45) is 5.41 Å². The summed E-state index contributed by atoms with van der Waals surface area (Å²) >= 11 is 0. The van der Waals surface area contributed by atoms with Gasteiger partial charge in [0.15, 0.2) is 0 Å². The fraction of sp³-hybridized carbons (Fsp3) is 0.417. The normalized spacial score (nSPS) is 16.1. The van der Waals surface area contributed by atoms with Crippen molar-refractivity contribution >= 4 is 17.7 Å². The van der Waals surface area contributed by atoms with Crippen molar-refractivity contribution in [3.05, 3.63) is 23.8 Å². The van der Waals surface area contributed by atoms with Crippen LogP contribution >= 0.6 is 0 Å². The van der Waals surface area contributed by atoms with Crippen LogP contribution in [0.15, 0.2) is 12.3 Å². The van der Waals surface area contributed by atoms with Gasteiger partial charge >= 0.3 is 5.97 Å². The van der Waals surface area contributed by atoms with Crippen LogP contribution in [0.5, 0.6) is 0 Å². The molecule has 1 aliphatic carbocycles. The highest BCUT2D eigenvalue weighted by Crippen LogP contribution is 2.45. The molecule has 0 unspecified atom stereocenters. The molecule has 0 spiro atoms. The number of rotatable bonds is 4. The molecule has 2 aromatic rings. The molecular weight excluding hydrogens is 262 g/mol. The number of carboxylic acids is 1. The number of hydrogen-bond donors (Lipinski definition) is 2. The Kier molecular flexibility index (Phi) is 2.66. The molecule has 0 aromatic carbocycles. The van der Waals surface area contributed by atoms with Gasteiger partial charge in [0.05, 0.1) is 5.41 Å². The third-order valence-corrected chi connectivity index (χ3v) is 3.53. The SMILES string of the molecule is Cc1ccnc2nc(C(=O)NCC3(C(=O)O)CC3)nn12. The van der Waals surface area contributed by atoms with E-state index < -0.39 is 17.3 Å². The van der Waals surface area contributed by atoms with Gasteiger partial charge in [-0.25, -0.2) is 9.50 Å². The second-order valence-electron chi connectivity index (χ2n) is 5.00. The zero-order chi connectivity index (χ0) is 14.3. The number of carbonyl (C=O) groups excluding carboxylic acids is 1. The van der Waals surface area contributed by atoms with Crippen LogP contribution in [0.3, 0.4) is 0 Å². The van der Waals surface area contributed by atoms with E-state index in [2.05, 4.69) is 20.4 Å². The fourth-order valence-corrected chi connectivity index (χ4v) is 1.95. The highest BCUT2D eigenvalue weighted by Gasteiger charge is 2.50. The second kappa shape index (κ2) is 4.26. The molecule has 1 fully saturated rings. The van der Waals surface area contributed by atoms with E-state index in [1.807, 2.05) is 6.92 Å². The quantitative estimate of drug-likeness (QED) is 0.814. The van der Waals surface area contributed by atoms with Gasteiger partial charge in [-0.15, -0.1) is 5.10 Å². The summed E-state index contributed by atoms with van der Waals surface area (Å²) in [5.74, 6) is -1.02. The summed E-state index contributed by atoms with van der Waals surface area (Å²) in [7, 11) is 0. The van der Waals surface area contributed by atoms with Crippen LogP contribution in [-0.4, -0.2) is 43.1 Å². The Hall–Kier alpha value is -2.51. The molecule has 1 amide bonds. The van der Waals surface area contributed by atoms with Crippen molar-refractivity contribution in [1.29, 1.82) is 0 Å². The summed E-state index contributed by atoms with van der Waals surface area (Å²) in [4.78, 5) is 31.0. The first kappa shape index (κ1) is 12.5. The van der Waals surface area contributed by atoms with Gasteiger partial charge in [-0.05, 0) is 25.8 Å². The topological polar surface area (TPSA) is 109 Å². The Balaban J connectivity index is 1.76. The monoisotopic (exact) mass is 275 g/mol. The lowest BCUT2D eigenvalue weighted by Gasteiger charge is -2.09. The largest absolute Gasteiger partial charge is 0.481 e. The number of nitrogens with zero attached hydrogens (tertiary/aromatic N) is 4. The maximum absolute atomic E-state index is 12.0.